The molecule has 3 atom stereocenters. The van der Waals surface area contributed by atoms with Crippen molar-refractivity contribution in [2.24, 2.45) is 5.92 Å². The molecule has 0 aromatic carbocycles. The lowest BCUT2D eigenvalue weighted by Crippen LogP contribution is -2.25. The standard InChI is InChI=1S/C5H13N2OP/c8-5-3-6-1-4(5)2-7-9/h4-8H,1-3,9H2/t4-,5?/m0/s1. The molecule has 0 bridgehead atoms. The molecule has 0 aromatic heterocycles. The number of nitrogens with one attached hydrogen (secondary N) is 2. The minimum atomic E-state index is -0.155. The molecule has 4 heteroatoms. The van der Waals surface area contributed by atoms with Gasteiger partial charge in [-0.15, -0.1) is 0 Å². The molecule has 9 heavy (non-hydrogen) atoms. The third-order valence-electron chi connectivity index (χ3n) is 1.68. The summed E-state index contributed by atoms with van der Waals surface area (Å²) in [6, 6.07) is 0. The Bertz CT molecular complexity index is 91.0. The van der Waals surface area contributed by atoms with Crippen molar-refractivity contribution in [1.82, 2.24) is 10.4 Å². The molecular weight excluding hydrogens is 135 g/mol. The summed E-state index contributed by atoms with van der Waals surface area (Å²) in [5.41, 5.74) is 0. The lowest BCUT2D eigenvalue weighted by molar-refractivity contribution is 0.150. The fourth-order valence-electron chi connectivity index (χ4n) is 1.08. The van der Waals surface area contributed by atoms with Crippen LogP contribution in [0.15, 0.2) is 0 Å². The molecule has 1 heterocycles. The summed E-state index contributed by atoms with van der Waals surface area (Å²) in [7, 11) is 2.44. The lowest BCUT2D eigenvalue weighted by atomic mass is 10.1. The Morgan fingerprint density at radius 1 is 1.67 bits per heavy atom. The van der Waals surface area contributed by atoms with Crippen molar-refractivity contribution in [3.05, 3.63) is 0 Å². The van der Waals surface area contributed by atoms with Gasteiger partial charge in [-0.25, -0.2) is 0 Å². The van der Waals surface area contributed by atoms with Crippen molar-refractivity contribution in [2.75, 3.05) is 19.6 Å². The van der Waals surface area contributed by atoms with Crippen LogP contribution in [0, 0.1) is 5.92 Å². The smallest absolute Gasteiger partial charge is 0.0717 e. The number of hydrogen-bond donors (Lipinski definition) is 3. The Hall–Kier alpha value is 0.310. The maximum Gasteiger partial charge on any atom is 0.0717 e. The van der Waals surface area contributed by atoms with Crippen molar-refractivity contribution in [2.45, 2.75) is 6.10 Å². The molecule has 0 amide bonds. The third kappa shape index (κ3) is 1.87. The molecule has 0 spiro atoms. The number of hydrogen-bond acceptors (Lipinski definition) is 3. The van der Waals surface area contributed by atoms with Gasteiger partial charge in [0.25, 0.3) is 0 Å². The summed E-state index contributed by atoms with van der Waals surface area (Å²) in [6.45, 7) is 2.55. The van der Waals surface area contributed by atoms with Gasteiger partial charge in [-0.05, 0) is 0 Å². The highest BCUT2D eigenvalue weighted by Crippen LogP contribution is 2.06. The monoisotopic (exact) mass is 148 g/mol. The Morgan fingerprint density at radius 3 is 2.89 bits per heavy atom. The van der Waals surface area contributed by atoms with Crippen LogP contribution >= 0.6 is 9.39 Å². The predicted molar refractivity (Wildman–Crippen MR) is 40.1 cm³/mol. The lowest BCUT2D eigenvalue weighted by Gasteiger charge is -2.10. The first-order valence-corrected chi connectivity index (χ1v) is 3.74. The summed E-state index contributed by atoms with van der Waals surface area (Å²) in [6.07, 6.45) is -0.155. The van der Waals surface area contributed by atoms with Crippen molar-refractivity contribution in [3.63, 3.8) is 0 Å². The topological polar surface area (TPSA) is 44.3 Å². The molecule has 1 aliphatic rings. The molecule has 1 fully saturated rings. The van der Waals surface area contributed by atoms with Crippen LogP contribution in [0.25, 0.3) is 0 Å². The van der Waals surface area contributed by atoms with Crippen LogP contribution in [0.3, 0.4) is 0 Å². The van der Waals surface area contributed by atoms with Crippen LogP contribution in [-0.2, 0) is 0 Å². The molecule has 0 aliphatic carbocycles. The third-order valence-corrected chi connectivity index (χ3v) is 1.92. The van der Waals surface area contributed by atoms with Crippen molar-refractivity contribution in [3.8, 4) is 0 Å². The van der Waals surface area contributed by atoms with E-state index in [4.69, 9.17) is 0 Å². The zero-order valence-electron chi connectivity index (χ0n) is 5.30. The molecule has 0 aromatic rings. The van der Waals surface area contributed by atoms with E-state index in [0.717, 1.165) is 19.6 Å². The molecule has 1 aliphatic heterocycles. The van der Waals surface area contributed by atoms with Gasteiger partial charge < -0.3 is 15.5 Å². The highest BCUT2D eigenvalue weighted by molar-refractivity contribution is 7.13. The van der Waals surface area contributed by atoms with E-state index in [1.54, 1.807) is 0 Å². The van der Waals surface area contributed by atoms with E-state index in [1.807, 2.05) is 0 Å². The number of rotatable bonds is 2. The second-order valence-electron chi connectivity index (χ2n) is 2.39. The van der Waals surface area contributed by atoms with Crippen LogP contribution < -0.4 is 10.4 Å². The molecule has 3 N–H and O–H groups in total. The summed E-state index contributed by atoms with van der Waals surface area (Å²) in [5, 5.41) is 15.3. The predicted octanol–water partition coefficient (Wildman–Crippen LogP) is -1.05. The second kappa shape index (κ2) is 3.47. The molecule has 0 saturated carbocycles. The Kier molecular flexibility index (Phi) is 2.86. The fourth-order valence-corrected chi connectivity index (χ4v) is 1.38. The SMILES string of the molecule is OC1CNC[C@H]1CNP. The highest BCUT2D eigenvalue weighted by Gasteiger charge is 2.23. The number of aliphatic hydroxyl groups is 1. The van der Waals surface area contributed by atoms with Gasteiger partial charge in [-0.2, -0.15) is 0 Å². The van der Waals surface area contributed by atoms with Crippen molar-refractivity contribution in [1.29, 1.82) is 0 Å². The van der Waals surface area contributed by atoms with E-state index >= 15 is 0 Å². The van der Waals surface area contributed by atoms with Crippen LogP contribution in [0.5, 0.6) is 0 Å². The van der Waals surface area contributed by atoms with E-state index in [-0.39, 0.29) is 6.10 Å². The first-order valence-electron chi connectivity index (χ1n) is 3.17. The van der Waals surface area contributed by atoms with Gasteiger partial charge in [0.2, 0.25) is 0 Å². The molecule has 0 radical (unpaired) electrons. The molecule has 2 unspecified atom stereocenters. The van der Waals surface area contributed by atoms with E-state index < -0.39 is 0 Å². The van der Waals surface area contributed by atoms with Crippen LogP contribution in [0.4, 0.5) is 0 Å². The zero-order chi connectivity index (χ0) is 6.69. The zero-order valence-corrected chi connectivity index (χ0v) is 6.46. The second-order valence-corrected chi connectivity index (χ2v) is 2.80. The molecule has 3 nitrogen and oxygen atoms in total. The van der Waals surface area contributed by atoms with Gasteiger partial charge in [0.15, 0.2) is 0 Å². The normalized spacial score (nSPS) is 35.3. The molecular formula is C5H13N2OP. The molecule has 54 valence electrons. The summed E-state index contributed by atoms with van der Waals surface area (Å²) >= 11 is 0. The van der Waals surface area contributed by atoms with E-state index in [9.17, 15) is 5.11 Å². The number of β-amino-alcohol motifs (C(OH)–C–C–N with tert-alkyl or cyclic N) is 1. The Balaban J connectivity index is 2.22. The fraction of sp³-hybridized carbons (Fsp3) is 1.00. The van der Waals surface area contributed by atoms with E-state index in [1.165, 1.54) is 0 Å². The van der Waals surface area contributed by atoms with Gasteiger partial charge in [0, 0.05) is 25.6 Å². The van der Waals surface area contributed by atoms with E-state index in [2.05, 4.69) is 19.8 Å². The Labute approximate surface area is 57.5 Å². The summed E-state index contributed by atoms with van der Waals surface area (Å²) < 4.78 is 0. The van der Waals surface area contributed by atoms with E-state index in [0.29, 0.717) is 5.92 Å². The largest absolute Gasteiger partial charge is 0.391 e. The minimum Gasteiger partial charge on any atom is -0.391 e. The van der Waals surface area contributed by atoms with Gasteiger partial charge in [-0.3, -0.25) is 0 Å². The van der Waals surface area contributed by atoms with Crippen LogP contribution in [0.2, 0.25) is 0 Å². The average molecular weight is 148 g/mol. The number of aliphatic hydroxyl groups excluding tert-OH is 1. The first kappa shape index (κ1) is 7.42. The van der Waals surface area contributed by atoms with Gasteiger partial charge >= 0.3 is 0 Å². The minimum absolute atomic E-state index is 0.155. The van der Waals surface area contributed by atoms with Gasteiger partial charge in [0.1, 0.15) is 0 Å². The molecule has 1 saturated heterocycles. The molecule has 1 rings (SSSR count). The maximum atomic E-state index is 9.21. The van der Waals surface area contributed by atoms with Crippen molar-refractivity contribution >= 4 is 9.39 Å². The van der Waals surface area contributed by atoms with Gasteiger partial charge in [0.05, 0.1) is 6.10 Å². The summed E-state index contributed by atoms with van der Waals surface area (Å²) in [5.74, 6) is 0.391. The van der Waals surface area contributed by atoms with Crippen LogP contribution in [-0.4, -0.2) is 30.8 Å². The maximum absolute atomic E-state index is 9.21. The van der Waals surface area contributed by atoms with Gasteiger partial charge in [-0.1, -0.05) is 9.39 Å². The average Bonchev–Trinajstić information content (AvgIpc) is 2.18. The quantitative estimate of drug-likeness (QED) is 0.438. The van der Waals surface area contributed by atoms with Crippen molar-refractivity contribution < 1.29 is 5.11 Å². The highest BCUT2D eigenvalue weighted by atomic mass is 31.0. The first-order chi connectivity index (χ1) is 4.34. The summed E-state index contributed by atoms with van der Waals surface area (Å²) in [4.78, 5) is 0. The van der Waals surface area contributed by atoms with Crippen LogP contribution in [0.1, 0.15) is 0 Å². The Morgan fingerprint density at radius 2 is 2.44 bits per heavy atom.